The lowest BCUT2D eigenvalue weighted by molar-refractivity contribution is -0.274. The molecule has 0 aromatic heterocycles. The first-order chi connectivity index (χ1) is 13.5. The van der Waals surface area contributed by atoms with Gasteiger partial charge >= 0.3 is 12.4 Å². The van der Waals surface area contributed by atoms with E-state index in [1.807, 2.05) is 0 Å². The number of carbonyl (C=O) groups excluding carboxylic acids is 2. The number of hydrogen-bond acceptors (Lipinski definition) is 5. The number of halogens is 3. The summed E-state index contributed by atoms with van der Waals surface area (Å²) in [5, 5.41) is 2.74. The maximum absolute atomic E-state index is 12.5. The standard InChI is InChI=1S/C17H20F3N3O5S/c18-17(19,20)28-12-4-6-13(7-5-12)29(26,27)21-10-3-11-23-14(24)16(22-15(23)25)8-1-2-9-16/h4-7,21H,1-3,8-11H2,(H,22,25). The van der Waals surface area contributed by atoms with Crippen LogP contribution in [0.25, 0.3) is 0 Å². The monoisotopic (exact) mass is 435 g/mol. The summed E-state index contributed by atoms with van der Waals surface area (Å²) in [5.74, 6) is -0.807. The predicted octanol–water partition coefficient (Wildman–Crippen LogP) is 2.12. The first-order valence-corrected chi connectivity index (χ1v) is 10.5. The topological polar surface area (TPSA) is 105 Å². The fourth-order valence-electron chi connectivity index (χ4n) is 3.54. The molecule has 1 saturated heterocycles. The average Bonchev–Trinajstić information content (AvgIpc) is 3.18. The highest BCUT2D eigenvalue weighted by Gasteiger charge is 2.52. The molecule has 12 heteroatoms. The minimum Gasteiger partial charge on any atom is -0.406 e. The van der Waals surface area contributed by atoms with E-state index in [0.717, 1.165) is 42.0 Å². The van der Waals surface area contributed by atoms with Gasteiger partial charge in [0.2, 0.25) is 10.0 Å². The Morgan fingerprint density at radius 1 is 1.14 bits per heavy atom. The summed E-state index contributed by atoms with van der Waals surface area (Å²) in [4.78, 5) is 25.4. The molecule has 160 valence electrons. The highest BCUT2D eigenvalue weighted by molar-refractivity contribution is 7.89. The minimum absolute atomic E-state index is 0.0484. The van der Waals surface area contributed by atoms with Gasteiger partial charge in [-0.1, -0.05) is 12.8 Å². The second kappa shape index (κ2) is 7.82. The lowest BCUT2D eigenvalue weighted by Crippen LogP contribution is -2.44. The van der Waals surface area contributed by atoms with Gasteiger partial charge in [-0.05, 0) is 43.5 Å². The number of hydrogen-bond donors (Lipinski definition) is 2. The third kappa shape index (κ3) is 4.81. The molecule has 0 atom stereocenters. The fraction of sp³-hybridized carbons (Fsp3) is 0.529. The fourth-order valence-corrected chi connectivity index (χ4v) is 4.62. The van der Waals surface area contributed by atoms with Gasteiger partial charge in [-0.25, -0.2) is 17.9 Å². The maximum atomic E-state index is 12.5. The zero-order valence-electron chi connectivity index (χ0n) is 15.3. The molecule has 1 aliphatic heterocycles. The summed E-state index contributed by atoms with van der Waals surface area (Å²) in [6, 6.07) is 3.31. The molecule has 0 radical (unpaired) electrons. The summed E-state index contributed by atoms with van der Waals surface area (Å²) in [6.45, 7) is 0.0144. The van der Waals surface area contributed by atoms with Crippen LogP contribution in [0.5, 0.6) is 5.75 Å². The maximum Gasteiger partial charge on any atom is 0.573 e. The summed E-state index contributed by atoms with van der Waals surface area (Å²) in [5.41, 5.74) is -0.809. The smallest absolute Gasteiger partial charge is 0.406 e. The summed E-state index contributed by atoms with van der Waals surface area (Å²) in [6.07, 6.45) is -1.72. The van der Waals surface area contributed by atoms with Crippen LogP contribution >= 0.6 is 0 Å². The Bertz CT molecular complexity index is 881. The molecule has 2 N–H and O–H groups in total. The van der Waals surface area contributed by atoms with Gasteiger partial charge in [-0.3, -0.25) is 9.69 Å². The van der Waals surface area contributed by atoms with Crippen LogP contribution in [0.2, 0.25) is 0 Å². The van der Waals surface area contributed by atoms with E-state index in [2.05, 4.69) is 14.8 Å². The Labute approximate surface area is 165 Å². The number of amides is 3. The van der Waals surface area contributed by atoms with Gasteiger partial charge in [-0.2, -0.15) is 0 Å². The van der Waals surface area contributed by atoms with Crippen LogP contribution in [-0.4, -0.2) is 50.2 Å². The van der Waals surface area contributed by atoms with Crippen molar-refractivity contribution in [1.29, 1.82) is 0 Å². The number of carbonyl (C=O) groups is 2. The third-order valence-electron chi connectivity index (χ3n) is 4.92. The van der Waals surface area contributed by atoms with Gasteiger partial charge in [0.15, 0.2) is 0 Å². The van der Waals surface area contributed by atoms with Crippen LogP contribution in [0.1, 0.15) is 32.1 Å². The van der Waals surface area contributed by atoms with Crippen molar-refractivity contribution in [3.8, 4) is 5.75 Å². The zero-order valence-corrected chi connectivity index (χ0v) is 16.1. The van der Waals surface area contributed by atoms with Crippen LogP contribution in [0, 0.1) is 0 Å². The Kier molecular flexibility index (Phi) is 5.77. The summed E-state index contributed by atoms with van der Waals surface area (Å²) >= 11 is 0. The number of ether oxygens (including phenoxy) is 1. The van der Waals surface area contributed by atoms with E-state index in [1.54, 1.807) is 0 Å². The molecule has 2 aliphatic rings. The van der Waals surface area contributed by atoms with Gasteiger partial charge in [0.1, 0.15) is 11.3 Å². The summed E-state index contributed by atoms with van der Waals surface area (Å²) in [7, 11) is -3.96. The lowest BCUT2D eigenvalue weighted by Gasteiger charge is -2.20. The molecule has 1 aromatic carbocycles. The number of sulfonamides is 1. The highest BCUT2D eigenvalue weighted by atomic mass is 32.2. The van der Waals surface area contributed by atoms with E-state index < -0.39 is 33.7 Å². The molecule has 29 heavy (non-hydrogen) atoms. The number of benzene rings is 1. The first kappa shape index (κ1) is 21.4. The molecule has 2 fully saturated rings. The van der Waals surface area contributed by atoms with Crippen molar-refractivity contribution < 1.29 is 35.9 Å². The van der Waals surface area contributed by atoms with Gasteiger partial charge < -0.3 is 10.1 Å². The predicted molar refractivity (Wildman–Crippen MR) is 94.4 cm³/mol. The van der Waals surface area contributed by atoms with Gasteiger partial charge in [0.25, 0.3) is 5.91 Å². The highest BCUT2D eigenvalue weighted by Crippen LogP contribution is 2.35. The van der Waals surface area contributed by atoms with Crippen LogP contribution in [-0.2, 0) is 14.8 Å². The van der Waals surface area contributed by atoms with Crippen LogP contribution in [0.3, 0.4) is 0 Å². The molecule has 1 aliphatic carbocycles. The number of urea groups is 1. The van der Waals surface area contributed by atoms with Gasteiger partial charge in [0.05, 0.1) is 4.90 Å². The number of nitrogens with zero attached hydrogens (tertiary/aromatic N) is 1. The second-order valence-corrected chi connectivity index (χ2v) is 8.71. The number of imide groups is 1. The molecule has 1 saturated carbocycles. The van der Waals surface area contributed by atoms with Crippen LogP contribution in [0.15, 0.2) is 29.2 Å². The Morgan fingerprint density at radius 2 is 1.76 bits per heavy atom. The molecule has 0 bridgehead atoms. The average molecular weight is 435 g/mol. The minimum atomic E-state index is -4.87. The third-order valence-corrected chi connectivity index (χ3v) is 6.40. The van der Waals surface area contributed by atoms with Crippen LogP contribution in [0.4, 0.5) is 18.0 Å². The molecule has 0 unspecified atom stereocenters. The van der Waals surface area contributed by atoms with Crippen LogP contribution < -0.4 is 14.8 Å². The molecule has 1 spiro atoms. The van der Waals surface area contributed by atoms with E-state index in [0.29, 0.717) is 12.8 Å². The Morgan fingerprint density at radius 3 is 2.34 bits per heavy atom. The van der Waals surface area contributed by atoms with E-state index in [9.17, 15) is 31.2 Å². The Balaban J connectivity index is 1.51. The second-order valence-electron chi connectivity index (χ2n) is 6.95. The van der Waals surface area contributed by atoms with Crippen molar-refractivity contribution in [3.63, 3.8) is 0 Å². The molecular formula is C17H20F3N3O5S. The molecule has 3 rings (SSSR count). The molecule has 3 amide bonds. The van der Waals surface area contributed by atoms with E-state index in [4.69, 9.17) is 0 Å². The van der Waals surface area contributed by atoms with Crippen molar-refractivity contribution in [2.75, 3.05) is 13.1 Å². The van der Waals surface area contributed by atoms with E-state index in [1.165, 1.54) is 0 Å². The normalized spacial score (nSPS) is 19.1. The van der Waals surface area contributed by atoms with Gasteiger partial charge in [-0.15, -0.1) is 13.2 Å². The van der Waals surface area contributed by atoms with Crippen molar-refractivity contribution in [2.24, 2.45) is 0 Å². The SMILES string of the molecule is O=C1NC2(CCCC2)C(=O)N1CCCNS(=O)(=O)c1ccc(OC(F)(F)F)cc1. The van der Waals surface area contributed by atoms with Crippen molar-refractivity contribution in [1.82, 2.24) is 14.9 Å². The number of rotatable bonds is 7. The van der Waals surface area contributed by atoms with Crippen molar-refractivity contribution >= 4 is 22.0 Å². The number of alkyl halides is 3. The first-order valence-electron chi connectivity index (χ1n) is 9.02. The zero-order chi connectivity index (χ0) is 21.3. The number of nitrogens with one attached hydrogen (secondary N) is 2. The lowest BCUT2D eigenvalue weighted by atomic mass is 9.98. The van der Waals surface area contributed by atoms with Crippen molar-refractivity contribution in [2.45, 2.75) is 48.9 Å². The molecule has 1 heterocycles. The summed E-state index contributed by atoms with van der Waals surface area (Å²) < 4.78 is 66.9. The Hall–Kier alpha value is -2.34. The van der Waals surface area contributed by atoms with Crippen molar-refractivity contribution in [3.05, 3.63) is 24.3 Å². The largest absolute Gasteiger partial charge is 0.573 e. The quantitative estimate of drug-likeness (QED) is 0.504. The van der Waals surface area contributed by atoms with E-state index >= 15 is 0 Å². The molecule has 1 aromatic rings. The van der Waals surface area contributed by atoms with E-state index in [-0.39, 0.29) is 30.3 Å². The molecule has 8 nitrogen and oxygen atoms in total. The molecular weight excluding hydrogens is 415 g/mol. The van der Waals surface area contributed by atoms with Gasteiger partial charge in [0, 0.05) is 13.1 Å².